The van der Waals surface area contributed by atoms with E-state index in [0.717, 1.165) is 13.1 Å². The van der Waals surface area contributed by atoms with Crippen LogP contribution in [-0.2, 0) is 10.0 Å². The van der Waals surface area contributed by atoms with E-state index >= 15 is 0 Å². The first-order valence-corrected chi connectivity index (χ1v) is 7.98. The van der Waals surface area contributed by atoms with E-state index in [9.17, 15) is 8.42 Å². The second-order valence-electron chi connectivity index (χ2n) is 3.99. The summed E-state index contributed by atoms with van der Waals surface area (Å²) in [5.74, 6) is 0.662. The van der Waals surface area contributed by atoms with Crippen molar-refractivity contribution in [2.75, 3.05) is 39.0 Å². The SMILES string of the molecule is CCN(CC)C(N)=NCCCN(C)S(=O)(=O)CC. The van der Waals surface area contributed by atoms with Gasteiger partial charge in [-0.2, -0.15) is 0 Å². The molecular formula is C11H26N4O2S. The number of sulfonamides is 1. The fourth-order valence-corrected chi connectivity index (χ4v) is 2.34. The molecule has 0 aromatic heterocycles. The predicted octanol–water partition coefficient (Wildman–Crippen LogP) is 0.315. The van der Waals surface area contributed by atoms with E-state index in [1.165, 1.54) is 4.31 Å². The lowest BCUT2D eigenvalue weighted by Crippen LogP contribution is -2.37. The van der Waals surface area contributed by atoms with Gasteiger partial charge in [0.25, 0.3) is 0 Å². The largest absolute Gasteiger partial charge is 0.370 e. The average molecular weight is 278 g/mol. The highest BCUT2D eigenvalue weighted by Crippen LogP contribution is 1.99. The van der Waals surface area contributed by atoms with Crippen molar-refractivity contribution in [2.45, 2.75) is 27.2 Å². The first kappa shape index (κ1) is 17.2. The maximum absolute atomic E-state index is 11.5. The molecule has 0 aliphatic rings. The Hall–Kier alpha value is -0.820. The molecule has 0 bridgehead atoms. The highest BCUT2D eigenvalue weighted by atomic mass is 32.2. The second kappa shape index (κ2) is 8.31. The molecule has 2 N–H and O–H groups in total. The number of nitrogens with two attached hydrogens (primary N) is 1. The van der Waals surface area contributed by atoms with Crippen molar-refractivity contribution in [1.29, 1.82) is 0 Å². The Morgan fingerprint density at radius 1 is 1.22 bits per heavy atom. The molecule has 0 aromatic carbocycles. The lowest BCUT2D eigenvalue weighted by molar-refractivity contribution is 0.451. The number of aliphatic imine (C=N–C) groups is 1. The van der Waals surface area contributed by atoms with Gasteiger partial charge in [-0.05, 0) is 27.2 Å². The minimum Gasteiger partial charge on any atom is -0.370 e. The predicted molar refractivity (Wildman–Crippen MR) is 76.1 cm³/mol. The minimum atomic E-state index is -3.08. The standard InChI is InChI=1S/C11H26N4O2S/c1-5-15(6-2)11(12)13-9-8-10-14(4)18(16,17)7-3/h5-10H2,1-4H3,(H2,12,13). The molecule has 0 saturated heterocycles. The van der Waals surface area contributed by atoms with Crippen molar-refractivity contribution in [3.05, 3.63) is 0 Å². The van der Waals surface area contributed by atoms with E-state index in [1.807, 2.05) is 18.7 Å². The molecule has 0 rings (SSSR count). The van der Waals surface area contributed by atoms with Crippen LogP contribution in [0.4, 0.5) is 0 Å². The Kier molecular flexibility index (Phi) is 7.93. The van der Waals surface area contributed by atoms with Gasteiger partial charge in [0.2, 0.25) is 10.0 Å². The highest BCUT2D eigenvalue weighted by molar-refractivity contribution is 7.89. The van der Waals surface area contributed by atoms with Crippen LogP contribution in [-0.4, -0.2) is 62.6 Å². The molecule has 18 heavy (non-hydrogen) atoms. The summed E-state index contributed by atoms with van der Waals surface area (Å²) in [6.45, 7) is 8.37. The number of nitrogens with zero attached hydrogens (tertiary/aromatic N) is 3. The monoisotopic (exact) mass is 278 g/mol. The third-order valence-corrected chi connectivity index (χ3v) is 4.69. The van der Waals surface area contributed by atoms with Gasteiger partial charge in [0.15, 0.2) is 5.96 Å². The summed E-state index contributed by atoms with van der Waals surface area (Å²) in [5, 5.41) is 0. The lowest BCUT2D eigenvalue weighted by Gasteiger charge is -2.19. The van der Waals surface area contributed by atoms with Crippen LogP contribution in [0, 0.1) is 0 Å². The molecule has 0 radical (unpaired) electrons. The van der Waals surface area contributed by atoms with Gasteiger partial charge in [-0.3, -0.25) is 4.99 Å². The summed E-state index contributed by atoms with van der Waals surface area (Å²) in [7, 11) is -1.49. The fraction of sp³-hybridized carbons (Fsp3) is 0.909. The number of hydrogen-bond donors (Lipinski definition) is 1. The lowest BCUT2D eigenvalue weighted by atomic mass is 10.4. The van der Waals surface area contributed by atoms with Crippen molar-refractivity contribution in [1.82, 2.24) is 9.21 Å². The molecule has 0 amide bonds. The summed E-state index contributed by atoms with van der Waals surface area (Å²) < 4.78 is 24.3. The summed E-state index contributed by atoms with van der Waals surface area (Å²) in [5.41, 5.74) is 5.81. The molecule has 7 heteroatoms. The van der Waals surface area contributed by atoms with Crippen molar-refractivity contribution in [3.8, 4) is 0 Å². The molecule has 0 fully saturated rings. The highest BCUT2D eigenvalue weighted by Gasteiger charge is 2.13. The van der Waals surface area contributed by atoms with Crippen LogP contribution in [0.5, 0.6) is 0 Å². The van der Waals surface area contributed by atoms with Gasteiger partial charge in [0, 0.05) is 33.2 Å². The summed E-state index contributed by atoms with van der Waals surface area (Å²) >= 11 is 0. The zero-order valence-electron chi connectivity index (χ0n) is 11.9. The van der Waals surface area contributed by atoms with Gasteiger partial charge >= 0.3 is 0 Å². The van der Waals surface area contributed by atoms with E-state index in [2.05, 4.69) is 4.99 Å². The Morgan fingerprint density at radius 3 is 2.22 bits per heavy atom. The van der Waals surface area contributed by atoms with Gasteiger partial charge in [0.05, 0.1) is 5.75 Å². The van der Waals surface area contributed by atoms with E-state index in [-0.39, 0.29) is 5.75 Å². The molecular weight excluding hydrogens is 252 g/mol. The maximum atomic E-state index is 11.5. The second-order valence-corrected chi connectivity index (χ2v) is 6.35. The minimum absolute atomic E-state index is 0.133. The van der Waals surface area contributed by atoms with Crippen LogP contribution >= 0.6 is 0 Å². The van der Waals surface area contributed by atoms with E-state index in [0.29, 0.717) is 25.5 Å². The van der Waals surface area contributed by atoms with Gasteiger partial charge in [-0.1, -0.05) is 0 Å². The van der Waals surface area contributed by atoms with Crippen molar-refractivity contribution in [2.24, 2.45) is 10.7 Å². The molecule has 0 saturated carbocycles. The Morgan fingerprint density at radius 2 is 1.78 bits per heavy atom. The fourth-order valence-electron chi connectivity index (χ4n) is 1.49. The number of guanidine groups is 1. The van der Waals surface area contributed by atoms with E-state index in [4.69, 9.17) is 5.73 Å². The number of hydrogen-bond acceptors (Lipinski definition) is 3. The van der Waals surface area contributed by atoms with Crippen LogP contribution in [0.2, 0.25) is 0 Å². The molecule has 0 atom stereocenters. The molecule has 0 heterocycles. The third kappa shape index (κ3) is 5.68. The normalized spacial score (nSPS) is 13.1. The Labute approximate surface area is 111 Å². The van der Waals surface area contributed by atoms with Crippen molar-refractivity contribution in [3.63, 3.8) is 0 Å². The van der Waals surface area contributed by atoms with Crippen LogP contribution in [0.25, 0.3) is 0 Å². The smallest absolute Gasteiger partial charge is 0.213 e. The molecule has 0 aliphatic heterocycles. The van der Waals surface area contributed by atoms with E-state index < -0.39 is 10.0 Å². The van der Waals surface area contributed by atoms with Gasteiger partial charge < -0.3 is 10.6 Å². The Bertz CT molecular complexity index is 350. The molecule has 0 aliphatic carbocycles. The maximum Gasteiger partial charge on any atom is 0.213 e. The molecule has 0 unspecified atom stereocenters. The first-order valence-electron chi connectivity index (χ1n) is 6.37. The molecule has 0 aromatic rings. The summed E-state index contributed by atoms with van der Waals surface area (Å²) in [4.78, 5) is 6.21. The summed E-state index contributed by atoms with van der Waals surface area (Å²) in [6, 6.07) is 0. The van der Waals surface area contributed by atoms with Gasteiger partial charge in [0.1, 0.15) is 0 Å². The molecule has 6 nitrogen and oxygen atoms in total. The van der Waals surface area contributed by atoms with Crippen LogP contribution < -0.4 is 5.73 Å². The van der Waals surface area contributed by atoms with Crippen molar-refractivity contribution < 1.29 is 8.42 Å². The number of rotatable bonds is 8. The van der Waals surface area contributed by atoms with Crippen molar-refractivity contribution >= 4 is 16.0 Å². The molecule has 0 spiro atoms. The molecule has 108 valence electrons. The average Bonchev–Trinajstić information content (AvgIpc) is 2.35. The zero-order valence-corrected chi connectivity index (χ0v) is 12.7. The van der Waals surface area contributed by atoms with Crippen LogP contribution in [0.3, 0.4) is 0 Å². The topological polar surface area (TPSA) is 79.0 Å². The first-order chi connectivity index (χ1) is 8.38. The van der Waals surface area contributed by atoms with Crippen LogP contribution in [0.15, 0.2) is 4.99 Å². The third-order valence-electron chi connectivity index (χ3n) is 2.83. The Balaban J connectivity index is 4.10. The quantitative estimate of drug-likeness (QED) is 0.394. The van der Waals surface area contributed by atoms with Gasteiger partial charge in [-0.15, -0.1) is 0 Å². The van der Waals surface area contributed by atoms with Crippen LogP contribution in [0.1, 0.15) is 27.2 Å². The van der Waals surface area contributed by atoms with Gasteiger partial charge in [-0.25, -0.2) is 12.7 Å². The van der Waals surface area contributed by atoms with E-state index in [1.54, 1.807) is 14.0 Å². The zero-order chi connectivity index (χ0) is 14.2. The summed E-state index contributed by atoms with van der Waals surface area (Å²) in [6.07, 6.45) is 0.678.